The fourth-order valence-corrected chi connectivity index (χ4v) is 4.59. The Kier molecular flexibility index (Phi) is 6.21. The highest BCUT2D eigenvalue weighted by molar-refractivity contribution is 5.91. The zero-order valence-corrected chi connectivity index (χ0v) is 19.9. The van der Waals surface area contributed by atoms with Crippen LogP contribution in [-0.4, -0.2) is 44.7 Å². The Balaban J connectivity index is 1.42. The third-order valence-electron chi connectivity index (χ3n) is 6.62. The molecule has 0 unspecified atom stereocenters. The van der Waals surface area contributed by atoms with Gasteiger partial charge in [0.25, 0.3) is 0 Å². The van der Waals surface area contributed by atoms with E-state index in [0.717, 1.165) is 52.5 Å². The highest BCUT2D eigenvalue weighted by atomic mass is 16.5. The monoisotopic (exact) mass is 431 g/mol. The van der Waals surface area contributed by atoms with E-state index >= 15 is 0 Å². The Bertz CT molecular complexity index is 1140. The number of rotatable bonds is 5. The van der Waals surface area contributed by atoms with Gasteiger partial charge >= 0.3 is 0 Å². The van der Waals surface area contributed by atoms with Crippen molar-refractivity contribution in [1.29, 1.82) is 5.26 Å². The molecule has 0 spiro atoms. The Labute approximate surface area is 190 Å². The van der Waals surface area contributed by atoms with Crippen molar-refractivity contribution in [3.8, 4) is 23.1 Å². The molecule has 2 aromatic heterocycles. The van der Waals surface area contributed by atoms with Crippen LogP contribution in [0.4, 0.5) is 0 Å². The van der Waals surface area contributed by atoms with Crippen LogP contribution < -0.4 is 4.74 Å². The molecule has 1 aromatic carbocycles. The van der Waals surface area contributed by atoms with E-state index < -0.39 is 0 Å². The topological polar surface area (TPSA) is 67.0 Å². The van der Waals surface area contributed by atoms with E-state index in [-0.39, 0.29) is 11.4 Å². The summed E-state index contributed by atoms with van der Waals surface area (Å²) in [4.78, 5) is 11.4. The number of nitrogens with zero attached hydrogens (tertiary/aromatic N) is 5. The zero-order chi connectivity index (χ0) is 22.9. The van der Waals surface area contributed by atoms with Crippen molar-refractivity contribution >= 4 is 11.0 Å². The first-order chi connectivity index (χ1) is 15.3. The van der Waals surface area contributed by atoms with Crippen LogP contribution in [-0.2, 0) is 7.05 Å². The second-order valence-electron chi connectivity index (χ2n) is 9.89. The number of benzene rings is 1. The van der Waals surface area contributed by atoms with E-state index in [4.69, 9.17) is 4.74 Å². The number of aryl methyl sites for hydroxylation is 2. The number of likely N-dealkylation sites (tertiary alicyclic amines) is 1. The van der Waals surface area contributed by atoms with Crippen molar-refractivity contribution in [1.82, 2.24) is 19.4 Å². The molecule has 32 heavy (non-hydrogen) atoms. The van der Waals surface area contributed by atoms with Crippen LogP contribution in [0, 0.1) is 24.2 Å². The van der Waals surface area contributed by atoms with E-state index in [1.54, 1.807) is 0 Å². The average molecular weight is 432 g/mol. The molecule has 1 aliphatic rings. The number of fused-ring (bicyclic) bond motifs is 1. The van der Waals surface area contributed by atoms with Gasteiger partial charge in [0.15, 0.2) is 0 Å². The van der Waals surface area contributed by atoms with Crippen LogP contribution in [0.1, 0.15) is 51.4 Å². The van der Waals surface area contributed by atoms with Gasteiger partial charge in [-0.25, -0.2) is 9.97 Å². The van der Waals surface area contributed by atoms with Gasteiger partial charge in [-0.05, 0) is 95.8 Å². The fraction of sp³-hybridized carbons (Fsp3) is 0.500. The average Bonchev–Trinajstić information content (AvgIpc) is 3.14. The maximum Gasteiger partial charge on any atom is 0.234 e. The Morgan fingerprint density at radius 2 is 1.91 bits per heavy atom. The van der Waals surface area contributed by atoms with Crippen LogP contribution in [0.5, 0.6) is 5.75 Å². The molecule has 1 aliphatic heterocycles. The standard InChI is InChI=1S/C26H33N5O/c1-18-16-20(24-21-10-12-30(5)25(21)29-23(17-27)28-24)6-7-22(18)32-15-11-19-8-13-31(14-9-19)26(2,3)4/h6-7,10,12,16,19H,8-9,11,13-15H2,1-5H3. The van der Waals surface area contributed by atoms with Crippen LogP contribution >= 0.6 is 0 Å². The Hall–Kier alpha value is -2.91. The summed E-state index contributed by atoms with van der Waals surface area (Å²) in [5.74, 6) is 1.84. The molecule has 0 saturated carbocycles. The molecule has 0 aliphatic carbocycles. The van der Waals surface area contributed by atoms with Crippen molar-refractivity contribution in [2.45, 2.75) is 52.5 Å². The lowest BCUT2D eigenvalue weighted by Gasteiger charge is -2.40. The summed E-state index contributed by atoms with van der Waals surface area (Å²) >= 11 is 0. The summed E-state index contributed by atoms with van der Waals surface area (Å²) in [7, 11) is 1.93. The molecule has 1 fully saturated rings. The molecule has 6 nitrogen and oxygen atoms in total. The van der Waals surface area contributed by atoms with E-state index in [9.17, 15) is 5.26 Å². The van der Waals surface area contributed by atoms with E-state index in [1.807, 2.05) is 36.0 Å². The van der Waals surface area contributed by atoms with Crippen molar-refractivity contribution in [3.63, 3.8) is 0 Å². The predicted molar refractivity (Wildman–Crippen MR) is 128 cm³/mol. The van der Waals surface area contributed by atoms with Crippen LogP contribution in [0.2, 0.25) is 0 Å². The summed E-state index contributed by atoms with van der Waals surface area (Å²) in [6.07, 6.45) is 5.54. The number of ether oxygens (including phenoxy) is 1. The molecule has 0 radical (unpaired) electrons. The van der Waals surface area contributed by atoms with Crippen molar-refractivity contribution in [2.24, 2.45) is 13.0 Å². The van der Waals surface area contributed by atoms with Gasteiger partial charge in [-0.3, -0.25) is 4.90 Å². The smallest absolute Gasteiger partial charge is 0.234 e. The van der Waals surface area contributed by atoms with Gasteiger partial charge in [0.1, 0.15) is 17.5 Å². The lowest BCUT2D eigenvalue weighted by molar-refractivity contribution is 0.0810. The molecule has 0 bridgehead atoms. The molecule has 0 N–H and O–H groups in total. The first kappa shape index (κ1) is 22.3. The molecule has 3 aromatic rings. The van der Waals surface area contributed by atoms with E-state index in [1.165, 1.54) is 25.9 Å². The van der Waals surface area contributed by atoms with Gasteiger partial charge in [0.05, 0.1) is 12.3 Å². The van der Waals surface area contributed by atoms with Gasteiger partial charge < -0.3 is 9.30 Å². The van der Waals surface area contributed by atoms with Gasteiger partial charge in [0.2, 0.25) is 5.82 Å². The maximum absolute atomic E-state index is 9.35. The molecule has 6 heteroatoms. The quantitative estimate of drug-likeness (QED) is 0.563. The van der Waals surface area contributed by atoms with Crippen LogP contribution in [0.15, 0.2) is 30.5 Å². The molecule has 168 valence electrons. The van der Waals surface area contributed by atoms with Crippen molar-refractivity contribution in [2.75, 3.05) is 19.7 Å². The zero-order valence-electron chi connectivity index (χ0n) is 19.9. The molecular weight excluding hydrogens is 398 g/mol. The van der Waals surface area contributed by atoms with Crippen LogP contribution in [0.25, 0.3) is 22.3 Å². The molecule has 1 saturated heterocycles. The minimum Gasteiger partial charge on any atom is -0.493 e. The summed E-state index contributed by atoms with van der Waals surface area (Å²) < 4.78 is 8.07. The number of nitriles is 1. The Morgan fingerprint density at radius 1 is 1.16 bits per heavy atom. The second kappa shape index (κ2) is 8.91. The van der Waals surface area contributed by atoms with E-state index in [2.05, 4.69) is 54.7 Å². The number of hydrogen-bond donors (Lipinski definition) is 0. The third kappa shape index (κ3) is 4.63. The summed E-state index contributed by atoms with van der Waals surface area (Å²) in [6, 6.07) is 10.2. The van der Waals surface area contributed by atoms with Gasteiger partial charge in [-0.15, -0.1) is 0 Å². The molecule has 3 heterocycles. The molecule has 0 amide bonds. The molecular formula is C26H33N5O. The van der Waals surface area contributed by atoms with E-state index in [0.29, 0.717) is 0 Å². The second-order valence-corrected chi connectivity index (χ2v) is 9.89. The number of piperidine rings is 1. The first-order valence-corrected chi connectivity index (χ1v) is 11.5. The minimum absolute atomic E-state index is 0.185. The van der Waals surface area contributed by atoms with Crippen LogP contribution in [0.3, 0.4) is 0 Å². The molecule has 4 rings (SSSR count). The van der Waals surface area contributed by atoms with Crippen molar-refractivity contribution in [3.05, 3.63) is 41.9 Å². The first-order valence-electron chi connectivity index (χ1n) is 11.5. The number of hydrogen-bond acceptors (Lipinski definition) is 5. The normalized spacial score (nSPS) is 15.8. The number of aromatic nitrogens is 3. The highest BCUT2D eigenvalue weighted by Gasteiger charge is 2.26. The summed E-state index contributed by atoms with van der Waals surface area (Å²) in [6.45, 7) is 12.1. The van der Waals surface area contributed by atoms with Gasteiger partial charge in [0, 0.05) is 29.7 Å². The van der Waals surface area contributed by atoms with Crippen molar-refractivity contribution < 1.29 is 4.74 Å². The van der Waals surface area contributed by atoms with Gasteiger partial charge in [-0.1, -0.05) is 0 Å². The minimum atomic E-state index is 0.185. The fourth-order valence-electron chi connectivity index (χ4n) is 4.59. The van der Waals surface area contributed by atoms with Gasteiger partial charge in [-0.2, -0.15) is 5.26 Å². The predicted octanol–water partition coefficient (Wildman–Crippen LogP) is 5.09. The SMILES string of the molecule is Cc1cc(-c2nc(C#N)nc3c2ccn3C)ccc1OCCC1CCN(C(C)(C)C)CC1. The summed E-state index contributed by atoms with van der Waals surface area (Å²) in [5, 5.41) is 10.3. The lowest BCUT2D eigenvalue weighted by atomic mass is 9.91. The molecule has 0 atom stereocenters. The lowest BCUT2D eigenvalue weighted by Crippen LogP contribution is -2.46. The largest absolute Gasteiger partial charge is 0.493 e. The highest BCUT2D eigenvalue weighted by Crippen LogP contribution is 2.31. The Morgan fingerprint density at radius 3 is 2.56 bits per heavy atom. The maximum atomic E-state index is 9.35. The third-order valence-corrected chi connectivity index (χ3v) is 6.62. The summed E-state index contributed by atoms with van der Waals surface area (Å²) in [5.41, 5.74) is 3.86.